The Hall–Kier alpha value is -1.81. The van der Waals surface area contributed by atoms with E-state index in [2.05, 4.69) is 11.1 Å². The monoisotopic (exact) mass is 189 g/mol. The van der Waals surface area contributed by atoms with Gasteiger partial charge in [0.1, 0.15) is 18.9 Å². The Bertz CT molecular complexity index is 366. The van der Waals surface area contributed by atoms with Gasteiger partial charge in [0.25, 0.3) is 5.82 Å². The zero-order valence-corrected chi connectivity index (χ0v) is 8.20. The maximum atomic E-state index is 8.79. The Morgan fingerprint density at radius 2 is 2.36 bits per heavy atom. The van der Waals surface area contributed by atoms with Gasteiger partial charge in [-0.05, 0) is 0 Å². The van der Waals surface area contributed by atoms with Crippen LogP contribution < -0.4 is 4.57 Å². The largest absolute Gasteiger partial charge is 0.253 e. The summed E-state index contributed by atoms with van der Waals surface area (Å²) in [5.41, 5.74) is 0. The van der Waals surface area contributed by atoms with E-state index < -0.39 is 0 Å². The van der Waals surface area contributed by atoms with Crippen molar-refractivity contribution in [1.82, 2.24) is 4.98 Å². The van der Waals surface area contributed by atoms with Crippen LogP contribution in [0, 0.1) is 28.6 Å². The quantitative estimate of drug-likeness (QED) is 0.715. The average Bonchev–Trinajstić information content (AvgIpc) is 2.64. The van der Waals surface area contributed by atoms with E-state index >= 15 is 0 Å². The smallest absolute Gasteiger partial charge is 0.248 e. The van der Waals surface area contributed by atoms with E-state index in [1.165, 1.54) is 0 Å². The highest BCUT2D eigenvalue weighted by molar-refractivity contribution is 4.88. The number of aromatic nitrogens is 2. The number of H-pyrrole nitrogens is 1. The first-order valence-corrected chi connectivity index (χ1v) is 4.64. The zero-order valence-electron chi connectivity index (χ0n) is 8.20. The molecule has 1 N–H and O–H groups in total. The topological polar surface area (TPSA) is 67.2 Å². The van der Waals surface area contributed by atoms with E-state index in [1.54, 1.807) is 0 Å². The summed E-state index contributed by atoms with van der Waals surface area (Å²) in [4.78, 5) is 3.10. The summed E-state index contributed by atoms with van der Waals surface area (Å²) in [6.45, 7) is 2.64. The lowest BCUT2D eigenvalue weighted by Gasteiger charge is -2.02. The maximum Gasteiger partial charge on any atom is 0.253 e. The lowest BCUT2D eigenvalue weighted by molar-refractivity contribution is -0.707. The molecule has 1 heterocycles. The first kappa shape index (κ1) is 10.3. The number of aromatic amines is 1. The second-order valence-corrected chi connectivity index (χ2v) is 3.10. The standard InChI is InChI=1S/C10H12N4/c1-2-10-13-5-6-14(10)8-9(7-12)3-4-11/h5-6,9H,2-3,8H2,1H3/p+1. The van der Waals surface area contributed by atoms with Gasteiger partial charge in [-0.15, -0.1) is 0 Å². The molecule has 72 valence electrons. The molecule has 0 amide bonds. The summed E-state index contributed by atoms with van der Waals surface area (Å²) in [6, 6.07) is 4.16. The van der Waals surface area contributed by atoms with Crippen molar-refractivity contribution in [2.24, 2.45) is 5.92 Å². The van der Waals surface area contributed by atoms with Crippen LogP contribution in [-0.2, 0) is 13.0 Å². The van der Waals surface area contributed by atoms with Crippen molar-refractivity contribution in [3.8, 4) is 12.1 Å². The van der Waals surface area contributed by atoms with E-state index in [0.29, 0.717) is 6.54 Å². The third-order valence-electron chi connectivity index (χ3n) is 2.12. The molecule has 0 aliphatic rings. The first-order valence-electron chi connectivity index (χ1n) is 4.64. The fraction of sp³-hybridized carbons (Fsp3) is 0.500. The Balaban J connectivity index is 2.68. The summed E-state index contributed by atoms with van der Waals surface area (Å²) < 4.78 is 1.99. The van der Waals surface area contributed by atoms with Crippen molar-refractivity contribution < 1.29 is 4.57 Å². The Labute approximate surface area is 83.4 Å². The van der Waals surface area contributed by atoms with Gasteiger partial charge in [-0.1, -0.05) is 6.92 Å². The molecule has 1 rings (SSSR count). The summed E-state index contributed by atoms with van der Waals surface area (Å²) in [5, 5.41) is 17.3. The SMILES string of the molecule is CCc1[nH]cc[n+]1CC(C#N)CC#N. The highest BCUT2D eigenvalue weighted by Gasteiger charge is 2.14. The summed E-state index contributed by atoms with van der Waals surface area (Å²) in [7, 11) is 0. The van der Waals surface area contributed by atoms with Crippen LogP contribution in [0.1, 0.15) is 19.2 Å². The van der Waals surface area contributed by atoms with Crippen molar-refractivity contribution >= 4 is 0 Å². The molecule has 0 aliphatic carbocycles. The number of hydrogen-bond donors (Lipinski definition) is 1. The number of nitrogens with zero attached hydrogens (tertiary/aromatic N) is 3. The first-order chi connectivity index (χ1) is 6.81. The van der Waals surface area contributed by atoms with E-state index in [1.807, 2.05) is 30.0 Å². The number of hydrogen-bond acceptors (Lipinski definition) is 2. The molecule has 0 saturated carbocycles. The zero-order chi connectivity index (χ0) is 10.4. The molecule has 0 aliphatic heterocycles. The predicted molar refractivity (Wildman–Crippen MR) is 49.7 cm³/mol. The van der Waals surface area contributed by atoms with Crippen LogP contribution in [0.15, 0.2) is 12.4 Å². The molecule has 4 nitrogen and oxygen atoms in total. The van der Waals surface area contributed by atoms with Crippen LogP contribution in [0.2, 0.25) is 0 Å². The van der Waals surface area contributed by atoms with E-state index in [-0.39, 0.29) is 12.3 Å². The van der Waals surface area contributed by atoms with Crippen LogP contribution in [0.5, 0.6) is 0 Å². The van der Waals surface area contributed by atoms with Crippen LogP contribution in [0.3, 0.4) is 0 Å². The Morgan fingerprint density at radius 1 is 1.57 bits per heavy atom. The van der Waals surface area contributed by atoms with Crippen LogP contribution in [0.4, 0.5) is 0 Å². The number of aryl methyl sites for hydroxylation is 1. The molecule has 0 aromatic carbocycles. The van der Waals surface area contributed by atoms with Gasteiger partial charge < -0.3 is 0 Å². The third kappa shape index (κ3) is 2.34. The second kappa shape index (κ2) is 5.04. The molecule has 0 saturated heterocycles. The van der Waals surface area contributed by atoms with E-state index in [9.17, 15) is 0 Å². The summed E-state index contributed by atoms with van der Waals surface area (Å²) >= 11 is 0. The van der Waals surface area contributed by atoms with E-state index in [4.69, 9.17) is 10.5 Å². The van der Waals surface area contributed by atoms with Gasteiger partial charge in [0.15, 0.2) is 0 Å². The fourth-order valence-corrected chi connectivity index (χ4v) is 1.37. The van der Waals surface area contributed by atoms with Gasteiger partial charge in [-0.25, -0.2) is 9.55 Å². The van der Waals surface area contributed by atoms with Gasteiger partial charge in [0.05, 0.1) is 24.5 Å². The normalized spacial score (nSPS) is 11.6. The molecule has 1 aromatic heterocycles. The molecule has 14 heavy (non-hydrogen) atoms. The molecule has 0 bridgehead atoms. The molecule has 0 fully saturated rings. The molecule has 1 atom stereocenters. The van der Waals surface area contributed by atoms with Crippen LogP contribution >= 0.6 is 0 Å². The number of imidazole rings is 1. The maximum absolute atomic E-state index is 8.79. The van der Waals surface area contributed by atoms with Crippen LogP contribution in [0.25, 0.3) is 0 Å². The highest BCUT2D eigenvalue weighted by Crippen LogP contribution is 2.01. The third-order valence-corrected chi connectivity index (χ3v) is 2.12. The van der Waals surface area contributed by atoms with Gasteiger partial charge in [-0.3, -0.25) is 0 Å². The molecular weight excluding hydrogens is 176 g/mol. The van der Waals surface area contributed by atoms with Crippen molar-refractivity contribution in [3.05, 3.63) is 18.2 Å². The van der Waals surface area contributed by atoms with Crippen molar-refractivity contribution in [2.45, 2.75) is 26.3 Å². The lowest BCUT2D eigenvalue weighted by Crippen LogP contribution is -2.39. The lowest BCUT2D eigenvalue weighted by atomic mass is 10.1. The molecule has 1 aromatic rings. The average molecular weight is 189 g/mol. The van der Waals surface area contributed by atoms with Crippen molar-refractivity contribution in [1.29, 1.82) is 10.5 Å². The minimum absolute atomic E-state index is 0.217. The molecule has 1 unspecified atom stereocenters. The molecule has 0 spiro atoms. The van der Waals surface area contributed by atoms with Crippen molar-refractivity contribution in [2.75, 3.05) is 0 Å². The molecule has 4 heteroatoms. The van der Waals surface area contributed by atoms with Gasteiger partial charge in [0, 0.05) is 6.42 Å². The number of nitriles is 2. The Morgan fingerprint density at radius 3 is 2.93 bits per heavy atom. The summed E-state index contributed by atoms with van der Waals surface area (Å²) in [6.07, 6.45) is 4.94. The minimum atomic E-state index is -0.217. The predicted octanol–water partition coefficient (Wildman–Crippen LogP) is 0.918. The minimum Gasteiger partial charge on any atom is -0.248 e. The molecular formula is C10H13N4+. The number of rotatable bonds is 4. The van der Waals surface area contributed by atoms with Gasteiger partial charge in [0.2, 0.25) is 0 Å². The second-order valence-electron chi connectivity index (χ2n) is 3.10. The van der Waals surface area contributed by atoms with E-state index in [0.717, 1.165) is 12.2 Å². The fourth-order valence-electron chi connectivity index (χ4n) is 1.37. The molecule has 0 radical (unpaired) electrons. The summed E-state index contributed by atoms with van der Waals surface area (Å²) in [5.74, 6) is 0.870. The van der Waals surface area contributed by atoms with Gasteiger partial charge >= 0.3 is 0 Å². The van der Waals surface area contributed by atoms with Crippen molar-refractivity contribution in [3.63, 3.8) is 0 Å². The van der Waals surface area contributed by atoms with Crippen LogP contribution in [-0.4, -0.2) is 4.98 Å². The number of nitrogens with one attached hydrogen (secondary N) is 1. The Kier molecular flexibility index (Phi) is 3.69. The van der Waals surface area contributed by atoms with Gasteiger partial charge in [-0.2, -0.15) is 10.5 Å². The highest BCUT2D eigenvalue weighted by atomic mass is 15.1.